The number of hydrogen-bond donors (Lipinski definition) is 2. The summed E-state index contributed by atoms with van der Waals surface area (Å²) < 4.78 is 32.7. The monoisotopic (exact) mass is 487 g/mol. The molecule has 0 atom stereocenters. The van der Waals surface area contributed by atoms with Gasteiger partial charge in [0.1, 0.15) is 5.75 Å². The molecule has 1 aliphatic heterocycles. The van der Waals surface area contributed by atoms with Gasteiger partial charge in [-0.25, -0.2) is 8.42 Å². The summed E-state index contributed by atoms with van der Waals surface area (Å²) >= 11 is 0. The number of amides is 2. The molecule has 0 aromatic heterocycles. The van der Waals surface area contributed by atoms with E-state index in [1.54, 1.807) is 52.8 Å². The number of rotatable bonds is 10. The fourth-order valence-corrected chi connectivity index (χ4v) is 5.31. The number of ether oxygens (including phenoxy) is 1. The van der Waals surface area contributed by atoms with E-state index in [1.165, 1.54) is 0 Å². The molecule has 34 heavy (non-hydrogen) atoms. The average molecular weight is 488 g/mol. The van der Waals surface area contributed by atoms with Crippen LogP contribution in [-0.4, -0.2) is 50.8 Å². The molecule has 1 saturated heterocycles. The van der Waals surface area contributed by atoms with Gasteiger partial charge in [0, 0.05) is 25.2 Å². The Morgan fingerprint density at radius 1 is 0.912 bits per heavy atom. The van der Waals surface area contributed by atoms with Crippen LogP contribution in [0.4, 0.5) is 5.69 Å². The van der Waals surface area contributed by atoms with Crippen molar-refractivity contribution in [3.8, 4) is 5.75 Å². The molecule has 0 unspecified atom stereocenters. The molecule has 1 aliphatic rings. The molecule has 1 fully saturated rings. The number of anilines is 1. The first-order valence-electron chi connectivity index (χ1n) is 11.8. The predicted molar refractivity (Wildman–Crippen MR) is 131 cm³/mol. The summed E-state index contributed by atoms with van der Waals surface area (Å²) in [6, 6.07) is 13.7. The van der Waals surface area contributed by atoms with Crippen LogP contribution < -0.4 is 15.4 Å². The second-order valence-electron chi connectivity index (χ2n) is 8.24. The van der Waals surface area contributed by atoms with E-state index in [-0.39, 0.29) is 29.7 Å². The van der Waals surface area contributed by atoms with Gasteiger partial charge in [0.2, 0.25) is 21.8 Å². The van der Waals surface area contributed by atoms with Crippen LogP contribution in [0.5, 0.6) is 5.75 Å². The molecule has 3 rings (SSSR count). The summed E-state index contributed by atoms with van der Waals surface area (Å²) in [4.78, 5) is 24.5. The second kappa shape index (κ2) is 12.5. The van der Waals surface area contributed by atoms with Gasteiger partial charge >= 0.3 is 0 Å². The summed E-state index contributed by atoms with van der Waals surface area (Å²) in [5, 5.41) is 5.33. The van der Waals surface area contributed by atoms with E-state index >= 15 is 0 Å². The van der Waals surface area contributed by atoms with Crippen molar-refractivity contribution in [1.29, 1.82) is 0 Å². The molecule has 2 aromatic carbocycles. The number of nitrogens with one attached hydrogen (secondary N) is 2. The fraction of sp³-hybridized carbons (Fsp3) is 0.440. The maximum Gasteiger partial charge on any atom is 0.243 e. The van der Waals surface area contributed by atoms with Crippen LogP contribution in [0.1, 0.15) is 44.6 Å². The van der Waals surface area contributed by atoms with Crippen LogP contribution in [0.3, 0.4) is 0 Å². The third-order valence-corrected chi connectivity index (χ3v) is 7.57. The normalized spacial score (nSPS) is 14.7. The van der Waals surface area contributed by atoms with Gasteiger partial charge in [-0.15, -0.1) is 0 Å². The lowest BCUT2D eigenvalue weighted by molar-refractivity contribution is -0.124. The van der Waals surface area contributed by atoms with E-state index in [4.69, 9.17) is 4.74 Å². The summed E-state index contributed by atoms with van der Waals surface area (Å²) in [7, 11) is -3.48. The van der Waals surface area contributed by atoms with Gasteiger partial charge < -0.3 is 15.4 Å². The smallest absolute Gasteiger partial charge is 0.243 e. The van der Waals surface area contributed by atoms with Crippen LogP contribution in [0.2, 0.25) is 0 Å². The van der Waals surface area contributed by atoms with Crippen LogP contribution >= 0.6 is 0 Å². The highest BCUT2D eigenvalue weighted by Crippen LogP contribution is 2.21. The summed E-state index contributed by atoms with van der Waals surface area (Å²) in [5.41, 5.74) is 1.49. The molecule has 0 saturated carbocycles. The Morgan fingerprint density at radius 2 is 1.56 bits per heavy atom. The maximum absolute atomic E-state index is 12.9. The van der Waals surface area contributed by atoms with Crippen LogP contribution in [-0.2, 0) is 26.0 Å². The van der Waals surface area contributed by atoms with E-state index in [0.29, 0.717) is 31.8 Å². The molecule has 9 heteroatoms. The van der Waals surface area contributed by atoms with Crippen LogP contribution in [0.15, 0.2) is 53.4 Å². The molecule has 184 valence electrons. The number of hydrogen-bond acceptors (Lipinski definition) is 5. The van der Waals surface area contributed by atoms with Crippen molar-refractivity contribution < 1.29 is 22.7 Å². The zero-order chi connectivity index (χ0) is 24.4. The molecule has 0 bridgehead atoms. The molecular formula is C25H33N3O5S. The van der Waals surface area contributed by atoms with Crippen molar-refractivity contribution in [3.63, 3.8) is 0 Å². The standard InChI is InChI=1S/C25H33N3O5S/c1-2-33-22-12-10-21(11-13-22)27-25(30)19-26-24(29)16-9-20-7-14-23(15-8-20)34(31,32)28-17-5-3-4-6-18-28/h7-8,10-15H,2-6,9,16-19H2,1H3,(H,26,29)(H,27,30). The lowest BCUT2D eigenvalue weighted by atomic mass is 10.1. The Bertz CT molecular complexity index is 1040. The molecule has 2 aromatic rings. The van der Waals surface area contributed by atoms with Crippen LogP contribution in [0.25, 0.3) is 0 Å². The zero-order valence-corrected chi connectivity index (χ0v) is 20.4. The molecular weight excluding hydrogens is 454 g/mol. The Labute approximate surface area is 201 Å². The zero-order valence-electron chi connectivity index (χ0n) is 19.6. The minimum Gasteiger partial charge on any atom is -0.494 e. The molecule has 8 nitrogen and oxygen atoms in total. The van der Waals surface area contributed by atoms with E-state index in [2.05, 4.69) is 10.6 Å². The van der Waals surface area contributed by atoms with Crippen molar-refractivity contribution in [2.45, 2.75) is 50.3 Å². The van der Waals surface area contributed by atoms with Crippen LogP contribution in [0, 0.1) is 0 Å². The number of carbonyl (C=O) groups is 2. The highest BCUT2D eigenvalue weighted by molar-refractivity contribution is 7.89. The highest BCUT2D eigenvalue weighted by Gasteiger charge is 2.24. The first-order chi connectivity index (χ1) is 16.4. The van der Waals surface area contributed by atoms with Gasteiger partial charge in [-0.3, -0.25) is 9.59 Å². The van der Waals surface area contributed by atoms with Crippen molar-refractivity contribution in [1.82, 2.24) is 9.62 Å². The van der Waals surface area contributed by atoms with E-state index in [9.17, 15) is 18.0 Å². The van der Waals surface area contributed by atoms with Gasteiger partial charge in [-0.05, 0) is 68.1 Å². The average Bonchev–Trinajstić information content (AvgIpc) is 3.13. The molecule has 0 radical (unpaired) electrons. The number of carbonyl (C=O) groups excluding carboxylic acids is 2. The third kappa shape index (κ3) is 7.56. The topological polar surface area (TPSA) is 105 Å². The van der Waals surface area contributed by atoms with Gasteiger partial charge in [0.15, 0.2) is 0 Å². The minimum absolute atomic E-state index is 0.126. The molecule has 1 heterocycles. The highest BCUT2D eigenvalue weighted by atomic mass is 32.2. The Hall–Kier alpha value is -2.91. The first-order valence-corrected chi connectivity index (χ1v) is 13.2. The molecule has 2 amide bonds. The third-order valence-electron chi connectivity index (χ3n) is 5.66. The number of benzene rings is 2. The largest absolute Gasteiger partial charge is 0.494 e. The summed E-state index contributed by atoms with van der Waals surface area (Å²) in [5.74, 6) is 0.157. The van der Waals surface area contributed by atoms with Crippen molar-refractivity contribution >= 4 is 27.5 Å². The van der Waals surface area contributed by atoms with Gasteiger partial charge in [-0.1, -0.05) is 25.0 Å². The molecule has 0 spiro atoms. The Balaban J connectivity index is 1.42. The molecule has 2 N–H and O–H groups in total. The first kappa shape index (κ1) is 25.7. The van der Waals surface area contributed by atoms with E-state index < -0.39 is 10.0 Å². The number of sulfonamides is 1. The number of nitrogens with zero attached hydrogens (tertiary/aromatic N) is 1. The van der Waals surface area contributed by atoms with Crippen molar-refractivity contribution in [2.24, 2.45) is 0 Å². The lowest BCUT2D eigenvalue weighted by Crippen LogP contribution is -2.33. The Morgan fingerprint density at radius 3 is 2.18 bits per heavy atom. The maximum atomic E-state index is 12.9. The SMILES string of the molecule is CCOc1ccc(NC(=O)CNC(=O)CCc2ccc(S(=O)(=O)N3CCCCCC3)cc2)cc1. The minimum atomic E-state index is -3.48. The quantitative estimate of drug-likeness (QED) is 0.535. The van der Waals surface area contributed by atoms with Crippen molar-refractivity contribution in [3.05, 3.63) is 54.1 Å². The van der Waals surface area contributed by atoms with Gasteiger partial charge in [-0.2, -0.15) is 4.31 Å². The summed E-state index contributed by atoms with van der Waals surface area (Å²) in [6.45, 7) is 3.47. The van der Waals surface area contributed by atoms with Gasteiger partial charge in [0.05, 0.1) is 18.0 Å². The second-order valence-corrected chi connectivity index (χ2v) is 10.2. The van der Waals surface area contributed by atoms with E-state index in [0.717, 1.165) is 37.0 Å². The summed E-state index contributed by atoms with van der Waals surface area (Å²) in [6.07, 6.45) is 4.58. The Kier molecular flexibility index (Phi) is 9.47. The lowest BCUT2D eigenvalue weighted by Gasteiger charge is -2.20. The van der Waals surface area contributed by atoms with E-state index in [1.807, 2.05) is 6.92 Å². The van der Waals surface area contributed by atoms with Crippen molar-refractivity contribution in [2.75, 3.05) is 31.6 Å². The predicted octanol–water partition coefficient (Wildman–Crippen LogP) is 3.34. The fourth-order valence-electron chi connectivity index (χ4n) is 3.79. The van der Waals surface area contributed by atoms with Gasteiger partial charge in [0.25, 0.3) is 0 Å². The number of aryl methyl sites for hydroxylation is 1. The molecule has 0 aliphatic carbocycles.